The average Bonchev–Trinajstić information content (AvgIpc) is 2.99. The van der Waals surface area contributed by atoms with Gasteiger partial charge in [0.2, 0.25) is 0 Å². The summed E-state index contributed by atoms with van der Waals surface area (Å²) in [6, 6.07) is 8.54. The van der Waals surface area contributed by atoms with Gasteiger partial charge in [-0.25, -0.2) is 0 Å². The van der Waals surface area contributed by atoms with Crippen LogP contribution in [-0.4, -0.2) is 23.9 Å². The molecule has 25 heavy (non-hydrogen) atoms. The molecule has 5 heteroatoms. The Hall–Kier alpha value is -1.85. The van der Waals surface area contributed by atoms with Crippen LogP contribution in [0.5, 0.6) is 0 Å². The molecule has 2 aliphatic rings. The third-order valence-electron chi connectivity index (χ3n) is 5.30. The number of nitrogens with zero attached hydrogens (tertiary/aromatic N) is 1. The Balaban J connectivity index is 1.61. The number of amides is 1. The Morgan fingerprint density at radius 2 is 2.00 bits per heavy atom. The molecule has 0 fully saturated rings. The van der Waals surface area contributed by atoms with E-state index in [1.165, 1.54) is 16.0 Å². The first-order valence-electron chi connectivity index (χ1n) is 9.11. The van der Waals surface area contributed by atoms with Gasteiger partial charge in [-0.05, 0) is 35.6 Å². The zero-order valence-electron chi connectivity index (χ0n) is 15.1. The van der Waals surface area contributed by atoms with Crippen molar-refractivity contribution >= 4 is 22.2 Å². The first-order chi connectivity index (χ1) is 12.1. The molecule has 1 amide bonds. The van der Waals surface area contributed by atoms with Crippen LogP contribution in [0.15, 0.2) is 24.3 Å². The zero-order valence-corrected chi connectivity index (χ0v) is 15.9. The van der Waals surface area contributed by atoms with E-state index in [2.05, 4.69) is 60.6 Å². The SMILES string of the molecule is CCN1CCc2c(sc3c2C(=O)N[C@H](c2ccc(C(C)C)cc2)N3)C1. The maximum atomic E-state index is 12.8. The number of rotatable bonds is 3. The molecule has 4 rings (SSSR count). The molecule has 0 spiro atoms. The summed E-state index contributed by atoms with van der Waals surface area (Å²) in [6.45, 7) is 9.65. The fourth-order valence-electron chi connectivity index (χ4n) is 3.68. The van der Waals surface area contributed by atoms with E-state index >= 15 is 0 Å². The first-order valence-corrected chi connectivity index (χ1v) is 9.92. The minimum Gasteiger partial charge on any atom is -0.353 e. The van der Waals surface area contributed by atoms with Crippen molar-refractivity contribution in [2.24, 2.45) is 0 Å². The largest absolute Gasteiger partial charge is 0.353 e. The van der Waals surface area contributed by atoms with E-state index < -0.39 is 0 Å². The van der Waals surface area contributed by atoms with Crippen molar-refractivity contribution in [2.45, 2.75) is 45.8 Å². The van der Waals surface area contributed by atoms with Gasteiger partial charge < -0.3 is 10.6 Å². The standard InChI is InChI=1S/C20H25N3OS/c1-4-23-10-9-15-16(11-23)25-20-17(15)19(24)21-18(22-20)14-7-5-13(6-8-14)12(2)3/h5-8,12,18,22H,4,9-11H2,1-3H3,(H,21,24)/t18-/m0/s1. The summed E-state index contributed by atoms with van der Waals surface area (Å²) in [5, 5.41) is 7.72. The number of carbonyl (C=O) groups excluding carboxylic acids is 1. The Morgan fingerprint density at radius 3 is 2.68 bits per heavy atom. The van der Waals surface area contributed by atoms with Crippen LogP contribution in [0.2, 0.25) is 0 Å². The molecule has 0 unspecified atom stereocenters. The molecule has 0 radical (unpaired) electrons. The van der Waals surface area contributed by atoms with E-state index in [-0.39, 0.29) is 12.1 Å². The molecular formula is C20H25N3OS. The van der Waals surface area contributed by atoms with Crippen molar-refractivity contribution in [1.29, 1.82) is 0 Å². The summed E-state index contributed by atoms with van der Waals surface area (Å²) >= 11 is 1.75. The summed E-state index contributed by atoms with van der Waals surface area (Å²) in [4.78, 5) is 16.5. The number of hydrogen-bond donors (Lipinski definition) is 2. The summed E-state index contributed by atoms with van der Waals surface area (Å²) in [5.74, 6) is 0.578. The van der Waals surface area contributed by atoms with Crippen LogP contribution in [0.1, 0.15) is 64.8 Å². The molecular weight excluding hydrogens is 330 g/mol. The number of nitrogens with one attached hydrogen (secondary N) is 2. The van der Waals surface area contributed by atoms with Crippen molar-refractivity contribution < 1.29 is 4.79 Å². The average molecular weight is 356 g/mol. The molecule has 3 heterocycles. The Labute approximate surface area is 153 Å². The number of anilines is 1. The topological polar surface area (TPSA) is 44.4 Å². The van der Waals surface area contributed by atoms with Gasteiger partial charge in [-0.2, -0.15) is 0 Å². The second kappa shape index (κ2) is 6.46. The van der Waals surface area contributed by atoms with Crippen LogP contribution in [-0.2, 0) is 13.0 Å². The van der Waals surface area contributed by atoms with E-state index in [1.54, 1.807) is 11.3 Å². The van der Waals surface area contributed by atoms with Gasteiger partial charge in [-0.15, -0.1) is 11.3 Å². The van der Waals surface area contributed by atoms with Crippen LogP contribution in [0, 0.1) is 0 Å². The van der Waals surface area contributed by atoms with E-state index in [0.29, 0.717) is 5.92 Å². The van der Waals surface area contributed by atoms with Gasteiger partial charge in [0.05, 0.1) is 5.56 Å². The minimum absolute atomic E-state index is 0.0640. The van der Waals surface area contributed by atoms with Crippen LogP contribution in [0.25, 0.3) is 0 Å². The number of carbonyl (C=O) groups is 1. The number of thiophene rings is 1. The molecule has 1 aromatic heterocycles. The fourth-order valence-corrected chi connectivity index (χ4v) is 4.99. The predicted molar refractivity (Wildman–Crippen MR) is 103 cm³/mol. The molecule has 1 atom stereocenters. The molecule has 0 bridgehead atoms. The third-order valence-corrected chi connectivity index (χ3v) is 6.45. The van der Waals surface area contributed by atoms with Crippen molar-refractivity contribution in [3.63, 3.8) is 0 Å². The lowest BCUT2D eigenvalue weighted by Gasteiger charge is -2.28. The molecule has 2 N–H and O–H groups in total. The highest BCUT2D eigenvalue weighted by Crippen LogP contribution is 2.40. The van der Waals surface area contributed by atoms with Gasteiger partial charge in [0.1, 0.15) is 11.2 Å². The van der Waals surface area contributed by atoms with Crippen molar-refractivity contribution in [2.75, 3.05) is 18.4 Å². The molecule has 0 aliphatic carbocycles. The monoisotopic (exact) mass is 355 g/mol. The lowest BCUT2D eigenvalue weighted by Crippen LogP contribution is -2.38. The van der Waals surface area contributed by atoms with Gasteiger partial charge in [0.15, 0.2) is 0 Å². The second-order valence-electron chi connectivity index (χ2n) is 7.20. The first kappa shape index (κ1) is 16.6. The summed E-state index contributed by atoms with van der Waals surface area (Å²) in [5.41, 5.74) is 4.55. The molecule has 0 saturated heterocycles. The van der Waals surface area contributed by atoms with Gasteiger partial charge in [-0.1, -0.05) is 45.0 Å². The van der Waals surface area contributed by atoms with Gasteiger partial charge >= 0.3 is 0 Å². The Bertz CT molecular complexity index is 794. The Kier molecular flexibility index (Phi) is 4.29. The normalized spacial score (nSPS) is 20.0. The van der Waals surface area contributed by atoms with E-state index in [9.17, 15) is 4.79 Å². The molecule has 2 aliphatic heterocycles. The number of fused-ring (bicyclic) bond motifs is 3. The summed E-state index contributed by atoms with van der Waals surface area (Å²) < 4.78 is 0. The second-order valence-corrected chi connectivity index (χ2v) is 8.30. The van der Waals surface area contributed by atoms with Crippen LogP contribution in [0.4, 0.5) is 5.00 Å². The molecule has 4 nitrogen and oxygen atoms in total. The maximum Gasteiger partial charge on any atom is 0.256 e. The van der Waals surface area contributed by atoms with E-state index in [4.69, 9.17) is 0 Å². The zero-order chi connectivity index (χ0) is 17.6. The van der Waals surface area contributed by atoms with E-state index in [1.807, 2.05) is 0 Å². The molecule has 1 aromatic carbocycles. The quantitative estimate of drug-likeness (QED) is 0.871. The Morgan fingerprint density at radius 1 is 1.24 bits per heavy atom. The van der Waals surface area contributed by atoms with Crippen molar-refractivity contribution in [1.82, 2.24) is 10.2 Å². The number of hydrogen-bond acceptors (Lipinski definition) is 4. The number of likely N-dealkylation sites (N-methyl/N-ethyl adjacent to an activating group) is 1. The third kappa shape index (κ3) is 2.96. The maximum absolute atomic E-state index is 12.8. The number of benzene rings is 1. The molecule has 0 saturated carbocycles. The minimum atomic E-state index is -0.149. The summed E-state index contributed by atoms with van der Waals surface area (Å²) in [7, 11) is 0. The van der Waals surface area contributed by atoms with Gasteiger partial charge in [-0.3, -0.25) is 9.69 Å². The van der Waals surface area contributed by atoms with Crippen molar-refractivity contribution in [3.8, 4) is 0 Å². The predicted octanol–water partition coefficient (Wildman–Crippen LogP) is 4.10. The van der Waals surface area contributed by atoms with Crippen LogP contribution in [0.3, 0.4) is 0 Å². The fraction of sp³-hybridized carbons (Fsp3) is 0.450. The smallest absolute Gasteiger partial charge is 0.256 e. The highest BCUT2D eigenvalue weighted by atomic mass is 32.1. The van der Waals surface area contributed by atoms with E-state index in [0.717, 1.165) is 42.2 Å². The van der Waals surface area contributed by atoms with Crippen molar-refractivity contribution in [3.05, 3.63) is 51.4 Å². The van der Waals surface area contributed by atoms with Gasteiger partial charge in [0.25, 0.3) is 5.91 Å². The lowest BCUT2D eigenvalue weighted by atomic mass is 9.98. The van der Waals surface area contributed by atoms with Crippen LogP contribution < -0.4 is 10.6 Å². The molecule has 2 aromatic rings. The molecule has 132 valence electrons. The van der Waals surface area contributed by atoms with Gasteiger partial charge in [0, 0.05) is 18.0 Å². The van der Waals surface area contributed by atoms with Crippen LogP contribution >= 0.6 is 11.3 Å². The summed E-state index contributed by atoms with van der Waals surface area (Å²) in [6.07, 6.45) is 0.821. The highest BCUT2D eigenvalue weighted by Gasteiger charge is 2.33. The lowest BCUT2D eigenvalue weighted by molar-refractivity contribution is 0.0934. The highest BCUT2D eigenvalue weighted by molar-refractivity contribution is 7.16.